The maximum atomic E-state index is 12.2. The molecule has 1 atom stereocenters. The second-order valence-electron chi connectivity index (χ2n) is 4.89. The molecule has 0 N–H and O–H groups in total. The minimum Gasteiger partial charge on any atom is -0.484 e. The highest BCUT2D eigenvalue weighted by molar-refractivity contribution is 7.12. The predicted octanol–water partition coefficient (Wildman–Crippen LogP) is 4.33. The van der Waals surface area contributed by atoms with Crippen molar-refractivity contribution < 1.29 is 9.53 Å². The summed E-state index contributed by atoms with van der Waals surface area (Å²) in [7, 11) is 0. The Morgan fingerprint density at radius 1 is 1.32 bits per heavy atom. The lowest BCUT2D eigenvalue weighted by atomic mass is 9.98. The van der Waals surface area contributed by atoms with Crippen molar-refractivity contribution >= 4 is 17.1 Å². The molecule has 0 spiro atoms. The van der Waals surface area contributed by atoms with E-state index in [-0.39, 0.29) is 11.9 Å². The predicted molar refractivity (Wildman–Crippen MR) is 77.2 cm³/mol. The molecule has 0 saturated carbocycles. The van der Waals surface area contributed by atoms with Gasteiger partial charge in [-0.2, -0.15) is 0 Å². The number of benzene rings is 1. The van der Waals surface area contributed by atoms with Crippen LogP contribution in [0.15, 0.2) is 30.3 Å². The molecular weight excluding hydrogens is 256 g/mol. The molecule has 3 rings (SSSR count). The van der Waals surface area contributed by atoms with Crippen molar-refractivity contribution in [1.82, 2.24) is 0 Å². The van der Waals surface area contributed by atoms with Gasteiger partial charge < -0.3 is 4.74 Å². The molecule has 1 aliphatic rings. The summed E-state index contributed by atoms with van der Waals surface area (Å²) in [6.45, 7) is 4.13. The van der Waals surface area contributed by atoms with E-state index in [2.05, 4.69) is 19.1 Å². The third kappa shape index (κ3) is 2.30. The Bertz CT molecular complexity index is 627. The van der Waals surface area contributed by atoms with Crippen LogP contribution >= 0.6 is 11.3 Å². The van der Waals surface area contributed by atoms with Gasteiger partial charge in [-0.15, -0.1) is 11.3 Å². The van der Waals surface area contributed by atoms with Crippen LogP contribution < -0.4 is 4.74 Å². The molecule has 0 saturated heterocycles. The summed E-state index contributed by atoms with van der Waals surface area (Å²) in [6.07, 6.45) is 1.36. The summed E-state index contributed by atoms with van der Waals surface area (Å²) in [5.74, 6) is 0.902. The van der Waals surface area contributed by atoms with Crippen LogP contribution in [0, 0.1) is 6.92 Å². The highest BCUT2D eigenvalue weighted by atomic mass is 32.1. The van der Waals surface area contributed by atoms with Crippen LogP contribution in [0.25, 0.3) is 0 Å². The van der Waals surface area contributed by atoms with Gasteiger partial charge in [-0.25, -0.2) is 0 Å². The first-order chi connectivity index (χ1) is 9.17. The van der Waals surface area contributed by atoms with Crippen LogP contribution in [0.4, 0.5) is 0 Å². The molecule has 98 valence electrons. The zero-order valence-corrected chi connectivity index (χ0v) is 11.9. The van der Waals surface area contributed by atoms with E-state index in [0.29, 0.717) is 6.42 Å². The van der Waals surface area contributed by atoms with Crippen molar-refractivity contribution in [3.63, 3.8) is 0 Å². The number of thiophene rings is 1. The number of hydrogen-bond acceptors (Lipinski definition) is 3. The molecule has 1 unspecified atom stereocenters. The quantitative estimate of drug-likeness (QED) is 0.813. The minimum atomic E-state index is -0.118. The standard InChI is InChI=1S/C16H16O2S/c1-3-11-5-7-16(19-11)15-9-13(17)12-8-10(2)4-6-14(12)18-15/h4-8,15H,3,9H2,1-2H3. The van der Waals surface area contributed by atoms with E-state index < -0.39 is 0 Å². The molecule has 0 bridgehead atoms. The van der Waals surface area contributed by atoms with Crippen molar-refractivity contribution in [3.05, 3.63) is 51.2 Å². The summed E-state index contributed by atoms with van der Waals surface area (Å²) in [5.41, 5.74) is 1.82. The van der Waals surface area contributed by atoms with Gasteiger partial charge in [0.2, 0.25) is 0 Å². The molecule has 2 aromatic rings. The van der Waals surface area contributed by atoms with Crippen LogP contribution in [0.2, 0.25) is 0 Å². The second kappa shape index (κ2) is 4.82. The van der Waals surface area contributed by atoms with Gasteiger partial charge in [0.1, 0.15) is 11.9 Å². The Labute approximate surface area is 117 Å². The first-order valence-electron chi connectivity index (χ1n) is 6.56. The van der Waals surface area contributed by atoms with E-state index in [0.717, 1.165) is 28.2 Å². The monoisotopic (exact) mass is 272 g/mol. The molecule has 2 heterocycles. The first kappa shape index (κ1) is 12.4. The Morgan fingerprint density at radius 2 is 2.16 bits per heavy atom. The van der Waals surface area contributed by atoms with E-state index in [4.69, 9.17) is 4.74 Å². The van der Waals surface area contributed by atoms with Crippen molar-refractivity contribution in [2.24, 2.45) is 0 Å². The summed E-state index contributed by atoms with van der Waals surface area (Å²) in [5, 5.41) is 0. The molecule has 3 heteroatoms. The van der Waals surface area contributed by atoms with Crippen LogP contribution in [0.5, 0.6) is 5.75 Å². The average molecular weight is 272 g/mol. The number of ether oxygens (including phenoxy) is 1. The molecule has 1 aromatic carbocycles. The Morgan fingerprint density at radius 3 is 2.89 bits per heavy atom. The van der Waals surface area contributed by atoms with Crippen LogP contribution in [0.1, 0.15) is 45.1 Å². The summed E-state index contributed by atoms with van der Waals surface area (Å²) < 4.78 is 5.99. The van der Waals surface area contributed by atoms with Crippen LogP contribution in [0.3, 0.4) is 0 Å². The number of rotatable bonds is 2. The lowest BCUT2D eigenvalue weighted by Crippen LogP contribution is -2.19. The molecule has 1 aliphatic heterocycles. The van der Waals surface area contributed by atoms with Crippen molar-refractivity contribution in [2.75, 3.05) is 0 Å². The SMILES string of the molecule is CCc1ccc(C2CC(=O)c3cc(C)ccc3O2)s1. The zero-order valence-electron chi connectivity index (χ0n) is 11.1. The molecule has 0 radical (unpaired) electrons. The number of hydrogen-bond donors (Lipinski definition) is 0. The summed E-state index contributed by atoms with van der Waals surface area (Å²) in [6, 6.07) is 10.0. The van der Waals surface area contributed by atoms with E-state index in [9.17, 15) is 4.79 Å². The third-order valence-electron chi connectivity index (χ3n) is 3.42. The Kier molecular flexibility index (Phi) is 3.15. The average Bonchev–Trinajstić information content (AvgIpc) is 2.88. The summed E-state index contributed by atoms with van der Waals surface area (Å²) >= 11 is 1.74. The fourth-order valence-electron chi connectivity index (χ4n) is 2.35. The van der Waals surface area contributed by atoms with Gasteiger partial charge in [0.15, 0.2) is 5.78 Å². The normalized spacial score (nSPS) is 18.0. The number of Topliss-reactive ketones (excluding diaryl/α,β-unsaturated/α-hetero) is 1. The number of carbonyl (C=O) groups is 1. The fourth-order valence-corrected chi connectivity index (χ4v) is 3.34. The fraction of sp³-hybridized carbons (Fsp3) is 0.312. The number of carbonyl (C=O) groups excluding carboxylic acids is 1. The third-order valence-corrected chi connectivity index (χ3v) is 4.75. The topological polar surface area (TPSA) is 26.3 Å². The molecule has 19 heavy (non-hydrogen) atoms. The molecule has 0 aliphatic carbocycles. The minimum absolute atomic E-state index is 0.118. The molecule has 2 nitrogen and oxygen atoms in total. The van der Waals surface area contributed by atoms with Gasteiger partial charge >= 0.3 is 0 Å². The van der Waals surface area contributed by atoms with E-state index in [1.165, 1.54) is 4.88 Å². The second-order valence-corrected chi connectivity index (χ2v) is 6.09. The smallest absolute Gasteiger partial charge is 0.170 e. The van der Waals surface area contributed by atoms with Crippen LogP contribution in [-0.4, -0.2) is 5.78 Å². The van der Waals surface area contributed by atoms with Gasteiger partial charge in [0.25, 0.3) is 0 Å². The molecular formula is C16H16O2S. The molecule has 0 fully saturated rings. The van der Waals surface area contributed by atoms with Gasteiger partial charge in [-0.3, -0.25) is 4.79 Å². The van der Waals surface area contributed by atoms with Gasteiger partial charge in [0, 0.05) is 9.75 Å². The molecule has 1 aromatic heterocycles. The van der Waals surface area contributed by atoms with Crippen molar-refractivity contribution in [2.45, 2.75) is 32.8 Å². The maximum absolute atomic E-state index is 12.2. The Balaban J connectivity index is 1.92. The van der Waals surface area contributed by atoms with E-state index in [1.807, 2.05) is 25.1 Å². The van der Waals surface area contributed by atoms with Gasteiger partial charge in [-0.1, -0.05) is 18.6 Å². The number of ketones is 1. The summed E-state index contributed by atoms with van der Waals surface area (Å²) in [4.78, 5) is 14.7. The van der Waals surface area contributed by atoms with E-state index in [1.54, 1.807) is 11.3 Å². The van der Waals surface area contributed by atoms with Gasteiger partial charge in [-0.05, 0) is 37.6 Å². The highest BCUT2D eigenvalue weighted by Crippen LogP contribution is 2.37. The van der Waals surface area contributed by atoms with E-state index >= 15 is 0 Å². The first-order valence-corrected chi connectivity index (χ1v) is 7.38. The zero-order chi connectivity index (χ0) is 13.4. The van der Waals surface area contributed by atoms with Crippen molar-refractivity contribution in [1.29, 1.82) is 0 Å². The lowest BCUT2D eigenvalue weighted by molar-refractivity contribution is 0.0854. The number of fused-ring (bicyclic) bond motifs is 1. The number of aryl methyl sites for hydroxylation is 2. The lowest BCUT2D eigenvalue weighted by Gasteiger charge is -2.24. The Hall–Kier alpha value is -1.61. The maximum Gasteiger partial charge on any atom is 0.170 e. The van der Waals surface area contributed by atoms with Crippen molar-refractivity contribution in [3.8, 4) is 5.75 Å². The largest absolute Gasteiger partial charge is 0.484 e. The van der Waals surface area contributed by atoms with Gasteiger partial charge in [0.05, 0.1) is 12.0 Å². The van der Waals surface area contributed by atoms with Crippen LogP contribution in [-0.2, 0) is 6.42 Å². The highest BCUT2D eigenvalue weighted by Gasteiger charge is 2.28. The molecule has 0 amide bonds.